The average molecular weight is 294 g/mol. The second-order valence-corrected chi connectivity index (χ2v) is 5.90. The van der Waals surface area contributed by atoms with Gasteiger partial charge in [0.1, 0.15) is 17.4 Å². The van der Waals surface area contributed by atoms with Crippen LogP contribution in [0.15, 0.2) is 41.0 Å². The minimum Gasteiger partial charge on any atom is -0.444 e. The number of ketones is 1. The second-order valence-electron chi connectivity index (χ2n) is 5.90. The fourth-order valence-corrected chi connectivity index (χ4v) is 3.32. The molecule has 0 fully saturated rings. The number of aryl methyl sites for hydroxylation is 2. The first-order chi connectivity index (χ1) is 10.5. The molecule has 0 amide bonds. The fraction of sp³-hybridized carbons (Fsp3) is 0.333. The van der Waals surface area contributed by atoms with Gasteiger partial charge in [-0.3, -0.25) is 4.79 Å². The Morgan fingerprint density at radius 1 is 1.32 bits per heavy atom. The summed E-state index contributed by atoms with van der Waals surface area (Å²) in [6, 6.07) is 8.18. The molecule has 4 heteroatoms. The lowest BCUT2D eigenvalue weighted by Crippen LogP contribution is -2.27. The number of rotatable bonds is 1. The molecule has 22 heavy (non-hydrogen) atoms. The fourth-order valence-electron chi connectivity index (χ4n) is 3.32. The highest BCUT2D eigenvalue weighted by atomic mass is 16.5. The first-order valence-electron chi connectivity index (χ1n) is 7.44. The zero-order valence-corrected chi connectivity index (χ0v) is 12.8. The molecule has 0 saturated carbocycles. The maximum Gasteiger partial charge on any atom is 0.205 e. The molecule has 1 aromatic rings. The van der Waals surface area contributed by atoms with Crippen molar-refractivity contribution in [1.29, 1.82) is 5.26 Å². The Balaban J connectivity index is 2.22. The molecule has 1 aliphatic carbocycles. The topological polar surface area (TPSA) is 76.1 Å². The van der Waals surface area contributed by atoms with E-state index in [1.165, 1.54) is 0 Å². The molecule has 4 nitrogen and oxygen atoms in total. The number of allylic oxidation sites excluding steroid dienone is 3. The van der Waals surface area contributed by atoms with E-state index in [-0.39, 0.29) is 11.7 Å². The number of benzene rings is 1. The van der Waals surface area contributed by atoms with E-state index >= 15 is 0 Å². The molecule has 0 spiro atoms. The van der Waals surface area contributed by atoms with Crippen LogP contribution in [0.5, 0.6) is 0 Å². The highest BCUT2D eigenvalue weighted by molar-refractivity contribution is 5.99. The van der Waals surface area contributed by atoms with Gasteiger partial charge in [-0.05, 0) is 31.4 Å². The number of nitrogens with zero attached hydrogens (tertiary/aromatic N) is 1. The van der Waals surface area contributed by atoms with E-state index in [1.807, 2.05) is 26.0 Å². The Hall–Kier alpha value is -2.54. The molecule has 1 aliphatic heterocycles. The van der Waals surface area contributed by atoms with E-state index in [2.05, 4.69) is 12.1 Å². The van der Waals surface area contributed by atoms with Crippen molar-refractivity contribution < 1.29 is 9.53 Å². The number of ether oxygens (including phenoxy) is 1. The number of nitriles is 1. The van der Waals surface area contributed by atoms with Crippen molar-refractivity contribution >= 4 is 5.78 Å². The van der Waals surface area contributed by atoms with Crippen LogP contribution in [0.2, 0.25) is 0 Å². The van der Waals surface area contributed by atoms with Crippen molar-refractivity contribution in [3.05, 3.63) is 57.7 Å². The predicted octanol–water partition coefficient (Wildman–Crippen LogP) is 3.12. The Labute approximate surface area is 129 Å². The molecule has 0 bridgehead atoms. The molecule has 1 aromatic carbocycles. The van der Waals surface area contributed by atoms with Crippen molar-refractivity contribution in [2.45, 2.75) is 39.0 Å². The van der Waals surface area contributed by atoms with Crippen LogP contribution in [0.1, 0.15) is 41.9 Å². The first-order valence-corrected chi connectivity index (χ1v) is 7.44. The van der Waals surface area contributed by atoms with E-state index in [9.17, 15) is 10.1 Å². The second kappa shape index (κ2) is 5.34. The number of hydrogen-bond donors (Lipinski definition) is 1. The van der Waals surface area contributed by atoms with Gasteiger partial charge in [0.15, 0.2) is 5.78 Å². The number of hydrogen-bond acceptors (Lipinski definition) is 4. The van der Waals surface area contributed by atoms with Crippen LogP contribution < -0.4 is 5.73 Å². The first kappa shape index (κ1) is 14.4. The minimum absolute atomic E-state index is 0.0616. The number of carbonyl (C=O) groups is 1. The lowest BCUT2D eigenvalue weighted by Gasteiger charge is -2.31. The van der Waals surface area contributed by atoms with Crippen molar-refractivity contribution in [1.82, 2.24) is 0 Å². The van der Waals surface area contributed by atoms with Crippen LogP contribution in [0.3, 0.4) is 0 Å². The summed E-state index contributed by atoms with van der Waals surface area (Å²) in [4.78, 5) is 12.4. The van der Waals surface area contributed by atoms with Gasteiger partial charge in [-0.2, -0.15) is 5.26 Å². The quantitative estimate of drug-likeness (QED) is 0.863. The van der Waals surface area contributed by atoms with E-state index in [1.54, 1.807) is 0 Å². The Morgan fingerprint density at radius 2 is 2.09 bits per heavy atom. The highest BCUT2D eigenvalue weighted by Crippen LogP contribution is 2.44. The summed E-state index contributed by atoms with van der Waals surface area (Å²) in [6.07, 6.45) is 1.97. The van der Waals surface area contributed by atoms with Crippen LogP contribution in [0.4, 0.5) is 0 Å². The summed E-state index contributed by atoms with van der Waals surface area (Å²) in [5, 5.41) is 9.51. The van der Waals surface area contributed by atoms with Crippen LogP contribution in [0.25, 0.3) is 0 Å². The van der Waals surface area contributed by atoms with Gasteiger partial charge in [0.2, 0.25) is 5.88 Å². The average Bonchev–Trinajstić information content (AvgIpc) is 2.46. The monoisotopic (exact) mass is 294 g/mol. The molecular weight excluding hydrogens is 276 g/mol. The van der Waals surface area contributed by atoms with Crippen molar-refractivity contribution in [2.75, 3.05) is 0 Å². The van der Waals surface area contributed by atoms with E-state index in [0.29, 0.717) is 29.7 Å². The van der Waals surface area contributed by atoms with Crippen LogP contribution in [0, 0.1) is 25.2 Å². The molecule has 0 aromatic heterocycles. The van der Waals surface area contributed by atoms with Crippen LogP contribution in [-0.2, 0) is 9.53 Å². The predicted molar refractivity (Wildman–Crippen MR) is 82.5 cm³/mol. The van der Waals surface area contributed by atoms with E-state index in [0.717, 1.165) is 23.1 Å². The minimum atomic E-state index is -0.401. The van der Waals surface area contributed by atoms with Crippen molar-refractivity contribution in [2.24, 2.45) is 5.73 Å². The summed E-state index contributed by atoms with van der Waals surface area (Å²) in [5.41, 5.74) is 10.0. The Morgan fingerprint density at radius 3 is 2.77 bits per heavy atom. The van der Waals surface area contributed by atoms with E-state index in [4.69, 9.17) is 10.5 Å². The highest BCUT2D eigenvalue weighted by Gasteiger charge is 2.38. The zero-order chi connectivity index (χ0) is 15.9. The summed E-state index contributed by atoms with van der Waals surface area (Å²) in [5.74, 6) is 0.423. The maximum absolute atomic E-state index is 12.4. The molecule has 0 radical (unpaired) electrons. The molecule has 112 valence electrons. The van der Waals surface area contributed by atoms with Gasteiger partial charge in [0, 0.05) is 18.4 Å². The molecule has 3 rings (SSSR count). The van der Waals surface area contributed by atoms with Gasteiger partial charge in [-0.1, -0.05) is 23.8 Å². The van der Waals surface area contributed by atoms with Crippen molar-refractivity contribution in [3.8, 4) is 6.07 Å². The Bertz CT molecular complexity index is 766. The maximum atomic E-state index is 12.4. The SMILES string of the molecule is Cc1ccc([C@@H]2C(C#N)=C(N)OC3=C2C(=O)CCC3)c(C)c1. The smallest absolute Gasteiger partial charge is 0.205 e. The van der Waals surface area contributed by atoms with Gasteiger partial charge < -0.3 is 10.5 Å². The standard InChI is InChI=1S/C18H18N2O2/c1-10-6-7-12(11(2)8-10)16-13(9-19)18(20)22-15-5-3-4-14(21)17(15)16/h6-8,16H,3-5,20H2,1-2H3/t16-/m1/s1. The van der Waals surface area contributed by atoms with Gasteiger partial charge >= 0.3 is 0 Å². The van der Waals surface area contributed by atoms with Crippen LogP contribution in [-0.4, -0.2) is 5.78 Å². The van der Waals surface area contributed by atoms with Gasteiger partial charge in [0.25, 0.3) is 0 Å². The van der Waals surface area contributed by atoms with Gasteiger partial charge in [-0.15, -0.1) is 0 Å². The summed E-state index contributed by atoms with van der Waals surface area (Å²) >= 11 is 0. The van der Waals surface area contributed by atoms with Gasteiger partial charge in [-0.25, -0.2) is 0 Å². The number of carbonyl (C=O) groups excluding carboxylic acids is 1. The summed E-state index contributed by atoms with van der Waals surface area (Å²) < 4.78 is 5.57. The summed E-state index contributed by atoms with van der Waals surface area (Å²) in [7, 11) is 0. The third-order valence-corrected chi connectivity index (χ3v) is 4.34. The van der Waals surface area contributed by atoms with Crippen LogP contribution >= 0.6 is 0 Å². The molecule has 0 saturated heterocycles. The normalized spacial score (nSPS) is 21.3. The lowest BCUT2D eigenvalue weighted by molar-refractivity contribution is -0.116. The molecule has 0 unspecified atom stereocenters. The molecule has 2 aliphatic rings. The van der Waals surface area contributed by atoms with E-state index < -0.39 is 5.92 Å². The van der Waals surface area contributed by atoms with Gasteiger partial charge in [0.05, 0.1) is 5.92 Å². The molecular formula is C18H18N2O2. The number of nitrogens with two attached hydrogens (primary N) is 1. The van der Waals surface area contributed by atoms with Crippen molar-refractivity contribution in [3.63, 3.8) is 0 Å². The lowest BCUT2D eigenvalue weighted by atomic mass is 9.76. The molecule has 1 atom stereocenters. The third-order valence-electron chi connectivity index (χ3n) is 4.34. The largest absolute Gasteiger partial charge is 0.444 e. The molecule has 1 heterocycles. The summed E-state index contributed by atoms with van der Waals surface area (Å²) in [6.45, 7) is 4.02. The third kappa shape index (κ3) is 2.19. The molecule has 2 N–H and O–H groups in total. The number of Topliss-reactive ketones (excluding diaryl/α,β-unsaturated/α-hetero) is 1. The zero-order valence-electron chi connectivity index (χ0n) is 12.8. The Kier molecular flexibility index (Phi) is 3.50.